The largest absolute Gasteiger partial charge is 0.385 e. The SMILES string of the molecule is CCC(C)CCCCCCCCCCCCCCCCCCCCCCCOC. The van der Waals surface area contributed by atoms with Crippen molar-refractivity contribution >= 4 is 0 Å². The molecule has 0 aliphatic rings. The number of hydrogen-bond donors (Lipinski definition) is 0. The zero-order valence-corrected chi connectivity index (χ0v) is 21.0. The lowest BCUT2D eigenvalue weighted by molar-refractivity contribution is 0.192. The molecule has 0 radical (unpaired) electrons. The Morgan fingerprint density at radius 2 is 0.724 bits per heavy atom. The second-order valence-electron chi connectivity index (χ2n) is 9.72. The van der Waals surface area contributed by atoms with Gasteiger partial charge in [0.2, 0.25) is 0 Å². The Bertz CT molecular complexity index is 275. The highest BCUT2D eigenvalue weighted by molar-refractivity contribution is 4.53. The van der Waals surface area contributed by atoms with Crippen LogP contribution in [0.25, 0.3) is 0 Å². The van der Waals surface area contributed by atoms with Crippen LogP contribution in [0.3, 0.4) is 0 Å². The Balaban J connectivity index is 3.00. The first kappa shape index (κ1) is 29.0. The van der Waals surface area contributed by atoms with Crippen molar-refractivity contribution in [2.24, 2.45) is 5.92 Å². The minimum absolute atomic E-state index is 0.943. The number of rotatable bonds is 25. The number of hydrogen-bond acceptors (Lipinski definition) is 1. The van der Waals surface area contributed by atoms with Gasteiger partial charge >= 0.3 is 0 Å². The first-order valence-electron chi connectivity index (χ1n) is 13.8. The third kappa shape index (κ3) is 25.9. The second-order valence-corrected chi connectivity index (χ2v) is 9.72. The predicted molar refractivity (Wildman–Crippen MR) is 133 cm³/mol. The summed E-state index contributed by atoms with van der Waals surface area (Å²) in [6.45, 7) is 5.66. The summed E-state index contributed by atoms with van der Waals surface area (Å²) in [4.78, 5) is 0. The van der Waals surface area contributed by atoms with Gasteiger partial charge in [-0.15, -0.1) is 0 Å². The molecule has 0 aliphatic carbocycles. The molecule has 1 atom stereocenters. The first-order valence-corrected chi connectivity index (χ1v) is 13.8. The van der Waals surface area contributed by atoms with E-state index in [1.807, 2.05) is 0 Å². The van der Waals surface area contributed by atoms with Gasteiger partial charge in [0, 0.05) is 13.7 Å². The minimum atomic E-state index is 0.943. The van der Waals surface area contributed by atoms with Gasteiger partial charge in [0.05, 0.1) is 0 Å². The van der Waals surface area contributed by atoms with Gasteiger partial charge in [0.15, 0.2) is 0 Å². The molecular weight excluding hydrogens is 352 g/mol. The highest BCUT2D eigenvalue weighted by Crippen LogP contribution is 2.16. The van der Waals surface area contributed by atoms with E-state index in [4.69, 9.17) is 4.74 Å². The maximum atomic E-state index is 5.09. The van der Waals surface area contributed by atoms with Crippen molar-refractivity contribution in [1.29, 1.82) is 0 Å². The summed E-state index contributed by atoms with van der Waals surface area (Å²) >= 11 is 0. The van der Waals surface area contributed by atoms with Crippen molar-refractivity contribution in [3.63, 3.8) is 0 Å². The molecule has 0 heterocycles. The summed E-state index contributed by atoms with van der Waals surface area (Å²) in [7, 11) is 1.80. The van der Waals surface area contributed by atoms with Crippen LogP contribution in [0.4, 0.5) is 0 Å². The van der Waals surface area contributed by atoms with Crippen LogP contribution in [0, 0.1) is 5.92 Å². The number of methoxy groups -OCH3 is 1. The standard InChI is InChI=1S/C28H58O/c1-4-28(2)26-24-22-20-18-16-14-12-10-8-6-5-7-9-11-13-15-17-19-21-23-25-27-29-3/h28H,4-27H2,1-3H3. The van der Waals surface area contributed by atoms with Gasteiger partial charge in [-0.1, -0.05) is 155 Å². The van der Waals surface area contributed by atoms with Crippen LogP contribution in [0.15, 0.2) is 0 Å². The maximum Gasteiger partial charge on any atom is 0.0462 e. The summed E-state index contributed by atoms with van der Waals surface area (Å²) in [5.74, 6) is 0.946. The first-order chi connectivity index (χ1) is 14.3. The van der Waals surface area contributed by atoms with Gasteiger partial charge in [0.25, 0.3) is 0 Å². The van der Waals surface area contributed by atoms with Crippen LogP contribution in [-0.2, 0) is 4.74 Å². The summed E-state index contributed by atoms with van der Waals surface area (Å²) in [5, 5.41) is 0. The second kappa shape index (κ2) is 26.0. The Morgan fingerprint density at radius 3 is 1.00 bits per heavy atom. The number of ether oxygens (including phenoxy) is 1. The molecule has 176 valence electrons. The van der Waals surface area contributed by atoms with E-state index in [1.54, 1.807) is 7.11 Å². The third-order valence-corrected chi connectivity index (χ3v) is 6.74. The zero-order valence-electron chi connectivity index (χ0n) is 21.0. The van der Waals surface area contributed by atoms with Crippen LogP contribution in [0.5, 0.6) is 0 Å². The lowest BCUT2D eigenvalue weighted by Gasteiger charge is -2.07. The van der Waals surface area contributed by atoms with Crippen molar-refractivity contribution in [3.05, 3.63) is 0 Å². The molecule has 0 aromatic carbocycles. The maximum absolute atomic E-state index is 5.09. The lowest BCUT2D eigenvalue weighted by Crippen LogP contribution is -1.91. The van der Waals surface area contributed by atoms with Crippen molar-refractivity contribution in [1.82, 2.24) is 0 Å². The van der Waals surface area contributed by atoms with E-state index < -0.39 is 0 Å². The van der Waals surface area contributed by atoms with Gasteiger partial charge in [-0.3, -0.25) is 0 Å². The van der Waals surface area contributed by atoms with E-state index in [-0.39, 0.29) is 0 Å². The zero-order chi connectivity index (χ0) is 21.3. The molecule has 1 unspecified atom stereocenters. The van der Waals surface area contributed by atoms with Crippen LogP contribution in [0.2, 0.25) is 0 Å². The van der Waals surface area contributed by atoms with Gasteiger partial charge in [-0.2, -0.15) is 0 Å². The molecular formula is C28H58O. The molecule has 0 spiro atoms. The van der Waals surface area contributed by atoms with Crippen LogP contribution >= 0.6 is 0 Å². The highest BCUT2D eigenvalue weighted by atomic mass is 16.5. The van der Waals surface area contributed by atoms with E-state index in [1.165, 1.54) is 148 Å². The van der Waals surface area contributed by atoms with E-state index >= 15 is 0 Å². The van der Waals surface area contributed by atoms with E-state index in [2.05, 4.69) is 13.8 Å². The van der Waals surface area contributed by atoms with Gasteiger partial charge < -0.3 is 4.74 Å². The fraction of sp³-hybridized carbons (Fsp3) is 1.00. The quantitative estimate of drug-likeness (QED) is 0.136. The average molecular weight is 411 g/mol. The summed E-state index contributed by atoms with van der Waals surface area (Å²) in [6.07, 6.45) is 33.3. The van der Waals surface area contributed by atoms with Crippen LogP contribution in [0.1, 0.15) is 162 Å². The van der Waals surface area contributed by atoms with Gasteiger partial charge in [-0.05, 0) is 12.3 Å². The molecule has 29 heavy (non-hydrogen) atoms. The normalized spacial score (nSPS) is 12.5. The third-order valence-electron chi connectivity index (χ3n) is 6.74. The predicted octanol–water partition coefficient (Wildman–Crippen LogP) is 10.3. The smallest absolute Gasteiger partial charge is 0.0462 e. The Hall–Kier alpha value is -0.0400. The van der Waals surface area contributed by atoms with E-state index in [0.717, 1.165) is 12.5 Å². The monoisotopic (exact) mass is 410 g/mol. The van der Waals surface area contributed by atoms with E-state index in [9.17, 15) is 0 Å². The molecule has 0 saturated carbocycles. The van der Waals surface area contributed by atoms with E-state index in [0.29, 0.717) is 0 Å². The summed E-state index contributed by atoms with van der Waals surface area (Å²) < 4.78 is 5.09. The molecule has 1 heteroatoms. The van der Waals surface area contributed by atoms with Crippen molar-refractivity contribution in [2.45, 2.75) is 162 Å². The molecule has 0 fully saturated rings. The molecule has 0 N–H and O–H groups in total. The molecule has 0 aromatic heterocycles. The van der Waals surface area contributed by atoms with Gasteiger partial charge in [-0.25, -0.2) is 0 Å². The Morgan fingerprint density at radius 1 is 0.448 bits per heavy atom. The van der Waals surface area contributed by atoms with Crippen LogP contribution < -0.4 is 0 Å². The molecule has 0 amide bonds. The fourth-order valence-electron chi connectivity index (χ4n) is 4.30. The number of unbranched alkanes of at least 4 members (excludes halogenated alkanes) is 20. The highest BCUT2D eigenvalue weighted by Gasteiger charge is 1.98. The summed E-state index contributed by atoms with van der Waals surface area (Å²) in [6, 6.07) is 0. The van der Waals surface area contributed by atoms with Crippen molar-refractivity contribution < 1.29 is 4.74 Å². The topological polar surface area (TPSA) is 9.23 Å². The minimum Gasteiger partial charge on any atom is -0.385 e. The Kier molecular flexibility index (Phi) is 26.0. The van der Waals surface area contributed by atoms with Crippen molar-refractivity contribution in [2.75, 3.05) is 13.7 Å². The fourth-order valence-corrected chi connectivity index (χ4v) is 4.30. The molecule has 1 nitrogen and oxygen atoms in total. The Labute approximate surface area is 186 Å². The lowest BCUT2D eigenvalue weighted by atomic mass is 9.99. The molecule has 0 aromatic rings. The molecule has 0 rings (SSSR count). The average Bonchev–Trinajstić information content (AvgIpc) is 2.74. The van der Waals surface area contributed by atoms with Crippen LogP contribution in [-0.4, -0.2) is 13.7 Å². The molecule has 0 bridgehead atoms. The molecule has 0 aliphatic heterocycles. The molecule has 0 saturated heterocycles. The summed E-state index contributed by atoms with van der Waals surface area (Å²) in [5.41, 5.74) is 0. The van der Waals surface area contributed by atoms with Gasteiger partial charge in [0.1, 0.15) is 0 Å². The van der Waals surface area contributed by atoms with Crippen molar-refractivity contribution in [3.8, 4) is 0 Å².